The first-order valence-electron chi connectivity index (χ1n) is 8.44. The fourth-order valence-corrected chi connectivity index (χ4v) is 3.48. The molecule has 1 aromatic rings. The number of urea groups is 1. The van der Waals surface area contributed by atoms with E-state index in [-0.39, 0.29) is 6.03 Å². The lowest BCUT2D eigenvalue weighted by Crippen LogP contribution is -2.54. The molecule has 1 aliphatic rings. The van der Waals surface area contributed by atoms with Crippen LogP contribution in [0.1, 0.15) is 32.3 Å². The summed E-state index contributed by atoms with van der Waals surface area (Å²) in [4.78, 5) is 13.9. The Bertz CT molecular complexity index is 680. The quantitative estimate of drug-likeness (QED) is 0.803. The van der Waals surface area contributed by atoms with Crippen LogP contribution in [0.3, 0.4) is 0 Å². The molecule has 0 aromatic heterocycles. The van der Waals surface area contributed by atoms with Gasteiger partial charge in [-0.3, -0.25) is 0 Å². The predicted octanol–water partition coefficient (Wildman–Crippen LogP) is 1.82. The first kappa shape index (κ1) is 19.5. The Labute approximate surface area is 150 Å². The average molecular weight is 369 g/mol. The molecular weight excluding hydrogens is 342 g/mol. The van der Waals surface area contributed by atoms with E-state index in [1.807, 2.05) is 24.3 Å². The molecule has 7 nitrogen and oxygen atoms in total. The molecule has 1 aromatic carbocycles. The number of sulfonamides is 1. The van der Waals surface area contributed by atoms with Crippen LogP contribution in [-0.4, -0.2) is 62.3 Å². The average Bonchev–Trinajstić information content (AvgIpc) is 2.54. The first-order valence-corrected chi connectivity index (χ1v) is 10.3. The number of rotatable bonds is 5. The molecule has 140 valence electrons. The third-order valence-corrected chi connectivity index (χ3v) is 5.48. The van der Waals surface area contributed by atoms with Gasteiger partial charge in [-0.2, -0.15) is 4.31 Å². The summed E-state index contributed by atoms with van der Waals surface area (Å²) in [6.07, 6.45) is 0.703. The number of piperazine rings is 1. The molecule has 0 saturated carbocycles. The van der Waals surface area contributed by atoms with Crippen LogP contribution >= 0.6 is 0 Å². The highest BCUT2D eigenvalue weighted by atomic mass is 32.2. The number of ether oxygens (including phenoxy) is 1. The number of hydrogen-bond acceptors (Lipinski definition) is 4. The Morgan fingerprint density at radius 3 is 2.12 bits per heavy atom. The molecule has 1 fully saturated rings. The van der Waals surface area contributed by atoms with Crippen LogP contribution in [0.4, 0.5) is 4.79 Å². The van der Waals surface area contributed by atoms with Crippen LogP contribution in [-0.2, 0) is 10.0 Å². The smallest absolute Gasteiger partial charge is 0.320 e. The number of nitrogens with zero attached hydrogens (tertiary/aromatic N) is 2. The number of nitrogens with one attached hydrogen (secondary N) is 1. The molecule has 1 saturated heterocycles. The van der Waals surface area contributed by atoms with Gasteiger partial charge in [0.25, 0.3) is 0 Å². The summed E-state index contributed by atoms with van der Waals surface area (Å²) in [5, 5.41) is 2.79. The number of carbonyl (C=O) groups excluding carboxylic acids is 1. The summed E-state index contributed by atoms with van der Waals surface area (Å²) in [5.41, 5.74) is 1.23. The van der Waals surface area contributed by atoms with Gasteiger partial charge in [0.15, 0.2) is 6.23 Å². The minimum absolute atomic E-state index is 0.251. The lowest BCUT2D eigenvalue weighted by Gasteiger charge is -2.33. The molecule has 1 unspecified atom stereocenters. The van der Waals surface area contributed by atoms with Crippen molar-refractivity contribution in [2.45, 2.75) is 32.9 Å². The second-order valence-electron chi connectivity index (χ2n) is 6.58. The topological polar surface area (TPSA) is 79.0 Å². The van der Waals surface area contributed by atoms with E-state index >= 15 is 0 Å². The van der Waals surface area contributed by atoms with E-state index in [9.17, 15) is 13.2 Å². The van der Waals surface area contributed by atoms with E-state index in [0.717, 1.165) is 0 Å². The van der Waals surface area contributed by atoms with Gasteiger partial charge in [-0.25, -0.2) is 13.2 Å². The molecule has 0 spiro atoms. The van der Waals surface area contributed by atoms with Gasteiger partial charge in [-0.1, -0.05) is 26.0 Å². The summed E-state index contributed by atoms with van der Waals surface area (Å²) >= 11 is 0. The largest absolute Gasteiger partial charge is 0.471 e. The van der Waals surface area contributed by atoms with Crippen LogP contribution in [0.15, 0.2) is 24.3 Å². The zero-order valence-corrected chi connectivity index (χ0v) is 16.0. The molecule has 1 heterocycles. The monoisotopic (exact) mass is 369 g/mol. The molecule has 2 rings (SSSR count). The zero-order chi connectivity index (χ0) is 18.6. The highest BCUT2D eigenvalue weighted by Gasteiger charge is 2.26. The third kappa shape index (κ3) is 5.61. The van der Waals surface area contributed by atoms with Crippen molar-refractivity contribution in [1.29, 1.82) is 0 Å². The molecule has 0 aliphatic carbocycles. The van der Waals surface area contributed by atoms with Crippen molar-refractivity contribution in [3.8, 4) is 5.75 Å². The fourth-order valence-electron chi connectivity index (χ4n) is 2.65. The van der Waals surface area contributed by atoms with E-state index in [2.05, 4.69) is 19.2 Å². The fraction of sp³-hybridized carbons (Fsp3) is 0.588. The number of benzene rings is 1. The van der Waals surface area contributed by atoms with Gasteiger partial charge < -0.3 is 15.0 Å². The Hall–Kier alpha value is -1.80. The number of hydrogen-bond donors (Lipinski definition) is 1. The van der Waals surface area contributed by atoms with Gasteiger partial charge in [-0.15, -0.1) is 0 Å². The van der Waals surface area contributed by atoms with Crippen molar-refractivity contribution in [1.82, 2.24) is 14.5 Å². The molecule has 1 atom stereocenters. The standard InChI is InChI=1S/C17H27N3O4S/c1-13(2)15-5-7-16(8-6-15)24-14(3)18-17(21)19-9-11-20(12-10-19)25(4,22)23/h5-8,13-14H,9-12H2,1-4H3,(H,18,21). The van der Waals surface area contributed by atoms with Gasteiger partial charge in [-0.05, 0) is 30.5 Å². The number of carbonyl (C=O) groups is 1. The lowest BCUT2D eigenvalue weighted by molar-refractivity contribution is 0.140. The molecular formula is C17H27N3O4S. The molecule has 2 amide bonds. The van der Waals surface area contributed by atoms with E-state index in [1.54, 1.807) is 11.8 Å². The maximum absolute atomic E-state index is 12.3. The van der Waals surface area contributed by atoms with Crippen molar-refractivity contribution < 1.29 is 17.9 Å². The highest BCUT2D eigenvalue weighted by molar-refractivity contribution is 7.88. The van der Waals surface area contributed by atoms with Crippen LogP contribution in [0.25, 0.3) is 0 Å². The van der Waals surface area contributed by atoms with Crippen LogP contribution in [0.2, 0.25) is 0 Å². The third-order valence-electron chi connectivity index (χ3n) is 4.18. The van der Waals surface area contributed by atoms with E-state index in [0.29, 0.717) is 37.8 Å². The Balaban J connectivity index is 1.82. The van der Waals surface area contributed by atoms with Gasteiger partial charge in [0.05, 0.1) is 6.26 Å². The molecule has 1 aliphatic heterocycles. The van der Waals surface area contributed by atoms with E-state index in [4.69, 9.17) is 4.74 Å². The zero-order valence-electron chi connectivity index (χ0n) is 15.2. The molecule has 25 heavy (non-hydrogen) atoms. The molecule has 1 N–H and O–H groups in total. The minimum Gasteiger partial charge on any atom is -0.471 e. The van der Waals surface area contributed by atoms with Crippen molar-refractivity contribution in [2.75, 3.05) is 32.4 Å². The SMILES string of the molecule is CC(NC(=O)N1CCN(S(C)(=O)=O)CC1)Oc1ccc(C(C)C)cc1. The Morgan fingerprint density at radius 1 is 1.08 bits per heavy atom. The van der Waals surface area contributed by atoms with Crippen molar-refractivity contribution in [3.05, 3.63) is 29.8 Å². The van der Waals surface area contributed by atoms with E-state index < -0.39 is 16.3 Å². The molecule has 8 heteroatoms. The second-order valence-corrected chi connectivity index (χ2v) is 8.56. The number of amides is 2. The van der Waals surface area contributed by atoms with Crippen LogP contribution < -0.4 is 10.1 Å². The van der Waals surface area contributed by atoms with Crippen molar-refractivity contribution >= 4 is 16.1 Å². The minimum atomic E-state index is -3.20. The second kappa shape index (κ2) is 8.05. The van der Waals surface area contributed by atoms with Crippen molar-refractivity contribution in [2.24, 2.45) is 0 Å². The maximum Gasteiger partial charge on any atom is 0.320 e. The maximum atomic E-state index is 12.3. The summed E-state index contributed by atoms with van der Waals surface area (Å²) in [7, 11) is -3.20. The predicted molar refractivity (Wildman–Crippen MR) is 97.1 cm³/mol. The van der Waals surface area contributed by atoms with Crippen LogP contribution in [0.5, 0.6) is 5.75 Å². The van der Waals surface area contributed by atoms with Gasteiger partial charge in [0, 0.05) is 26.2 Å². The lowest BCUT2D eigenvalue weighted by atomic mass is 10.0. The van der Waals surface area contributed by atoms with Crippen molar-refractivity contribution in [3.63, 3.8) is 0 Å². The summed E-state index contributed by atoms with van der Waals surface area (Å²) < 4.78 is 30.1. The summed E-state index contributed by atoms with van der Waals surface area (Å²) in [6.45, 7) is 7.39. The van der Waals surface area contributed by atoms with Gasteiger partial charge in [0.1, 0.15) is 5.75 Å². The van der Waals surface area contributed by atoms with Gasteiger partial charge in [0.2, 0.25) is 10.0 Å². The highest BCUT2D eigenvalue weighted by Crippen LogP contribution is 2.19. The normalized spacial score (nSPS) is 17.4. The Morgan fingerprint density at radius 2 is 1.64 bits per heavy atom. The van der Waals surface area contributed by atoms with Gasteiger partial charge >= 0.3 is 6.03 Å². The Kier molecular flexibility index (Phi) is 6.29. The van der Waals surface area contributed by atoms with E-state index in [1.165, 1.54) is 16.1 Å². The summed E-state index contributed by atoms with van der Waals surface area (Å²) in [6, 6.07) is 7.56. The molecule has 0 radical (unpaired) electrons. The first-order chi connectivity index (χ1) is 11.7. The summed E-state index contributed by atoms with van der Waals surface area (Å²) in [5.74, 6) is 1.15. The molecule has 0 bridgehead atoms. The van der Waals surface area contributed by atoms with Crippen LogP contribution in [0, 0.1) is 0 Å².